The molecular formula is C16H29NO. The Morgan fingerprint density at radius 2 is 1.67 bits per heavy atom. The van der Waals surface area contributed by atoms with Crippen molar-refractivity contribution in [2.45, 2.75) is 94.8 Å². The second kappa shape index (κ2) is 5.50. The quantitative estimate of drug-likeness (QED) is 0.810. The summed E-state index contributed by atoms with van der Waals surface area (Å²) in [5, 5.41) is 0. The highest BCUT2D eigenvalue weighted by molar-refractivity contribution is 4.92. The normalized spacial score (nSPS) is 40.2. The van der Waals surface area contributed by atoms with E-state index < -0.39 is 0 Å². The van der Waals surface area contributed by atoms with Gasteiger partial charge in [0.15, 0.2) is 0 Å². The molecule has 3 fully saturated rings. The summed E-state index contributed by atoms with van der Waals surface area (Å²) in [6.45, 7) is 0. The van der Waals surface area contributed by atoms with Crippen molar-refractivity contribution in [1.82, 2.24) is 0 Å². The standard InChI is InChI=1S/C16H29NO/c17-15-7-3-2-6-13(15)12-14-8-11-16(18-14)9-4-1-5-10-16/h13-15H,1-12,17H2. The molecule has 0 radical (unpaired) electrons. The van der Waals surface area contributed by atoms with Gasteiger partial charge in [0.1, 0.15) is 0 Å². The van der Waals surface area contributed by atoms with Crippen molar-refractivity contribution in [2.24, 2.45) is 11.7 Å². The Morgan fingerprint density at radius 1 is 0.889 bits per heavy atom. The maximum Gasteiger partial charge on any atom is 0.0687 e. The molecule has 0 aromatic rings. The minimum Gasteiger partial charge on any atom is -0.372 e. The van der Waals surface area contributed by atoms with E-state index in [-0.39, 0.29) is 0 Å². The summed E-state index contributed by atoms with van der Waals surface area (Å²) in [5.41, 5.74) is 6.56. The summed E-state index contributed by atoms with van der Waals surface area (Å²) in [7, 11) is 0. The Balaban J connectivity index is 1.52. The van der Waals surface area contributed by atoms with Crippen molar-refractivity contribution in [1.29, 1.82) is 0 Å². The van der Waals surface area contributed by atoms with Gasteiger partial charge in [-0.3, -0.25) is 0 Å². The summed E-state index contributed by atoms with van der Waals surface area (Å²) in [6, 6.07) is 0.449. The van der Waals surface area contributed by atoms with Crippen LogP contribution in [0.2, 0.25) is 0 Å². The molecule has 0 aromatic heterocycles. The van der Waals surface area contributed by atoms with Crippen LogP contribution in [0, 0.1) is 5.92 Å². The van der Waals surface area contributed by atoms with Crippen LogP contribution in [0.15, 0.2) is 0 Å². The van der Waals surface area contributed by atoms with E-state index in [1.54, 1.807) is 0 Å². The molecule has 104 valence electrons. The molecule has 0 aromatic carbocycles. The lowest BCUT2D eigenvalue weighted by Gasteiger charge is -2.35. The van der Waals surface area contributed by atoms with Crippen LogP contribution in [0.1, 0.15) is 77.0 Å². The minimum absolute atomic E-state index is 0.293. The molecule has 2 aliphatic carbocycles. The Labute approximate surface area is 112 Å². The SMILES string of the molecule is NC1CCCCC1CC1CCC2(CCCCC2)O1. The number of hydrogen-bond acceptors (Lipinski definition) is 2. The van der Waals surface area contributed by atoms with E-state index in [0.717, 1.165) is 5.92 Å². The van der Waals surface area contributed by atoms with E-state index in [1.165, 1.54) is 77.0 Å². The van der Waals surface area contributed by atoms with Crippen LogP contribution in [-0.4, -0.2) is 17.7 Å². The highest BCUT2D eigenvalue weighted by Gasteiger charge is 2.41. The molecule has 1 aliphatic heterocycles. The van der Waals surface area contributed by atoms with Gasteiger partial charge in [0.25, 0.3) is 0 Å². The molecule has 0 amide bonds. The summed E-state index contributed by atoms with van der Waals surface area (Å²) in [6.07, 6.45) is 16.5. The first-order valence-electron chi connectivity index (χ1n) is 8.21. The molecule has 2 N–H and O–H groups in total. The molecule has 1 saturated heterocycles. The predicted molar refractivity (Wildman–Crippen MR) is 74.5 cm³/mol. The highest BCUT2D eigenvalue weighted by Crippen LogP contribution is 2.44. The van der Waals surface area contributed by atoms with Crippen molar-refractivity contribution in [3.05, 3.63) is 0 Å². The smallest absolute Gasteiger partial charge is 0.0687 e. The Hall–Kier alpha value is -0.0800. The third kappa shape index (κ3) is 2.75. The number of ether oxygens (including phenoxy) is 1. The highest BCUT2D eigenvalue weighted by atomic mass is 16.5. The van der Waals surface area contributed by atoms with Gasteiger partial charge in [-0.15, -0.1) is 0 Å². The van der Waals surface area contributed by atoms with Crippen molar-refractivity contribution < 1.29 is 4.74 Å². The summed E-state index contributed by atoms with van der Waals surface area (Å²) < 4.78 is 6.49. The van der Waals surface area contributed by atoms with Crippen molar-refractivity contribution in [2.75, 3.05) is 0 Å². The Bertz CT molecular complexity index is 272. The molecule has 18 heavy (non-hydrogen) atoms. The van der Waals surface area contributed by atoms with Crippen LogP contribution in [0.5, 0.6) is 0 Å². The Kier molecular flexibility index (Phi) is 3.95. The lowest BCUT2D eigenvalue weighted by molar-refractivity contribution is -0.0717. The van der Waals surface area contributed by atoms with Crippen LogP contribution >= 0.6 is 0 Å². The van der Waals surface area contributed by atoms with E-state index in [4.69, 9.17) is 10.5 Å². The molecule has 2 heteroatoms. The minimum atomic E-state index is 0.293. The molecule has 3 rings (SSSR count). The van der Waals surface area contributed by atoms with E-state index >= 15 is 0 Å². The van der Waals surface area contributed by atoms with Crippen molar-refractivity contribution >= 4 is 0 Å². The van der Waals surface area contributed by atoms with Crippen LogP contribution in [0.3, 0.4) is 0 Å². The molecule has 3 aliphatic rings. The third-order valence-electron chi connectivity index (χ3n) is 5.64. The molecule has 1 spiro atoms. The van der Waals surface area contributed by atoms with Gasteiger partial charge in [0.2, 0.25) is 0 Å². The molecule has 2 saturated carbocycles. The zero-order valence-electron chi connectivity index (χ0n) is 11.7. The number of nitrogens with two attached hydrogens (primary N) is 1. The summed E-state index contributed by atoms with van der Waals surface area (Å²) in [4.78, 5) is 0. The predicted octanol–water partition coefficient (Wildman–Crippen LogP) is 3.78. The summed E-state index contributed by atoms with van der Waals surface area (Å²) in [5.74, 6) is 0.738. The lowest BCUT2D eigenvalue weighted by Crippen LogP contribution is -2.36. The van der Waals surface area contributed by atoms with Crippen LogP contribution in [-0.2, 0) is 4.74 Å². The fourth-order valence-corrected chi connectivity index (χ4v) is 4.49. The lowest BCUT2D eigenvalue weighted by atomic mass is 9.81. The van der Waals surface area contributed by atoms with Gasteiger partial charge >= 0.3 is 0 Å². The van der Waals surface area contributed by atoms with Crippen LogP contribution in [0.4, 0.5) is 0 Å². The summed E-state index contributed by atoms with van der Waals surface area (Å²) >= 11 is 0. The Morgan fingerprint density at radius 3 is 2.44 bits per heavy atom. The molecule has 2 nitrogen and oxygen atoms in total. The topological polar surface area (TPSA) is 35.2 Å². The van der Waals surface area contributed by atoms with Gasteiger partial charge in [-0.2, -0.15) is 0 Å². The van der Waals surface area contributed by atoms with E-state index in [1.807, 2.05) is 0 Å². The first kappa shape index (κ1) is 12.9. The third-order valence-corrected chi connectivity index (χ3v) is 5.64. The first-order chi connectivity index (χ1) is 8.77. The van der Waals surface area contributed by atoms with Crippen molar-refractivity contribution in [3.63, 3.8) is 0 Å². The zero-order chi connectivity index (χ0) is 12.4. The second-order valence-electron chi connectivity index (χ2n) is 6.97. The van der Waals surface area contributed by atoms with Gasteiger partial charge in [-0.05, 0) is 50.9 Å². The van der Waals surface area contributed by atoms with E-state index in [2.05, 4.69) is 0 Å². The van der Waals surface area contributed by atoms with Crippen LogP contribution in [0.25, 0.3) is 0 Å². The maximum absolute atomic E-state index is 6.49. The average Bonchev–Trinajstić information content (AvgIpc) is 2.76. The van der Waals surface area contributed by atoms with Crippen molar-refractivity contribution in [3.8, 4) is 0 Å². The van der Waals surface area contributed by atoms with Gasteiger partial charge in [-0.1, -0.05) is 32.1 Å². The largest absolute Gasteiger partial charge is 0.372 e. The van der Waals surface area contributed by atoms with E-state index in [0.29, 0.717) is 17.7 Å². The molecule has 3 atom stereocenters. The molecule has 0 bridgehead atoms. The fraction of sp³-hybridized carbons (Fsp3) is 1.00. The monoisotopic (exact) mass is 251 g/mol. The van der Waals surface area contributed by atoms with Gasteiger partial charge < -0.3 is 10.5 Å². The zero-order valence-corrected chi connectivity index (χ0v) is 11.7. The molecular weight excluding hydrogens is 222 g/mol. The van der Waals surface area contributed by atoms with Crippen LogP contribution < -0.4 is 5.73 Å². The fourth-order valence-electron chi connectivity index (χ4n) is 4.49. The molecule has 1 heterocycles. The van der Waals surface area contributed by atoms with E-state index in [9.17, 15) is 0 Å². The number of hydrogen-bond donors (Lipinski definition) is 1. The first-order valence-corrected chi connectivity index (χ1v) is 8.21. The average molecular weight is 251 g/mol. The maximum atomic E-state index is 6.49. The second-order valence-corrected chi connectivity index (χ2v) is 6.97. The van der Waals surface area contributed by atoms with Gasteiger partial charge in [0.05, 0.1) is 11.7 Å². The van der Waals surface area contributed by atoms with Gasteiger partial charge in [0, 0.05) is 6.04 Å². The van der Waals surface area contributed by atoms with Gasteiger partial charge in [-0.25, -0.2) is 0 Å². The number of rotatable bonds is 2. The molecule has 3 unspecified atom stereocenters.